The van der Waals surface area contributed by atoms with Gasteiger partial charge in [-0.15, -0.1) is 0 Å². The Kier molecular flexibility index (Phi) is 4.31. The lowest BCUT2D eigenvalue weighted by Crippen LogP contribution is -2.49. The Morgan fingerprint density at radius 3 is 2.70 bits per heavy atom. The molecule has 1 aromatic rings. The molecule has 4 N–H and O–H groups in total. The zero-order valence-electron chi connectivity index (χ0n) is 11.4. The highest BCUT2D eigenvalue weighted by Crippen LogP contribution is 2.30. The summed E-state index contributed by atoms with van der Waals surface area (Å²) in [6.45, 7) is 3.26. The van der Waals surface area contributed by atoms with Gasteiger partial charge < -0.3 is 10.6 Å². The number of rotatable bonds is 3. The highest BCUT2D eigenvalue weighted by Gasteiger charge is 2.29. The monoisotopic (exact) mass is 301 g/mol. The van der Waals surface area contributed by atoms with E-state index in [0.717, 1.165) is 25.5 Å². The number of benzene rings is 1. The maximum Gasteiger partial charge on any atom is 0.238 e. The first kappa shape index (κ1) is 15.2. The van der Waals surface area contributed by atoms with Crippen molar-refractivity contribution in [3.05, 3.63) is 24.0 Å². The molecule has 2 unspecified atom stereocenters. The second-order valence-corrected chi connectivity index (χ2v) is 6.84. The molecule has 1 fully saturated rings. The summed E-state index contributed by atoms with van der Waals surface area (Å²) in [7, 11) is -3.89. The van der Waals surface area contributed by atoms with Crippen molar-refractivity contribution in [2.45, 2.75) is 30.7 Å². The largest absolute Gasteiger partial charge is 0.365 e. The molecule has 112 valence electrons. The third kappa shape index (κ3) is 2.94. The van der Waals surface area contributed by atoms with Gasteiger partial charge in [-0.2, -0.15) is 0 Å². The molecule has 2 atom stereocenters. The molecule has 0 aliphatic carbocycles. The fourth-order valence-electron chi connectivity index (χ4n) is 2.81. The van der Waals surface area contributed by atoms with Crippen LogP contribution in [0.3, 0.4) is 0 Å². The van der Waals surface area contributed by atoms with Crippen LogP contribution in [-0.2, 0) is 10.0 Å². The average Bonchev–Trinajstić information content (AvgIpc) is 2.37. The molecule has 5 nitrogen and oxygen atoms in total. The molecule has 0 amide bonds. The fourth-order valence-corrected chi connectivity index (χ4v) is 3.33. The van der Waals surface area contributed by atoms with E-state index in [9.17, 15) is 12.8 Å². The van der Waals surface area contributed by atoms with Crippen molar-refractivity contribution in [2.75, 3.05) is 18.0 Å². The Bertz CT molecular complexity index is 591. The van der Waals surface area contributed by atoms with Gasteiger partial charge in [0.2, 0.25) is 10.0 Å². The molecule has 0 spiro atoms. The summed E-state index contributed by atoms with van der Waals surface area (Å²) in [5.41, 5.74) is 6.18. The third-order valence-electron chi connectivity index (χ3n) is 3.91. The summed E-state index contributed by atoms with van der Waals surface area (Å²) in [4.78, 5) is 1.71. The highest BCUT2D eigenvalue weighted by atomic mass is 32.2. The van der Waals surface area contributed by atoms with E-state index in [0.29, 0.717) is 18.2 Å². The first-order chi connectivity index (χ1) is 9.34. The predicted octanol–water partition coefficient (Wildman–Crippen LogP) is 1.04. The smallest absolute Gasteiger partial charge is 0.238 e. The molecule has 1 heterocycles. The van der Waals surface area contributed by atoms with Crippen molar-refractivity contribution in [1.29, 1.82) is 0 Å². The second-order valence-electron chi connectivity index (χ2n) is 5.27. The molecule has 0 bridgehead atoms. The van der Waals surface area contributed by atoms with E-state index in [2.05, 4.69) is 6.92 Å². The lowest BCUT2D eigenvalue weighted by Gasteiger charge is -2.41. The fraction of sp³-hybridized carbons (Fsp3) is 0.538. The standard InChI is InChI=1S/C13H20FN3O2S/c1-9-3-2-6-17(13(9)8-15)12-5-4-10(7-11(12)14)20(16,18)19/h4-5,7,9,13H,2-3,6,8,15H2,1H3,(H2,16,18,19). The highest BCUT2D eigenvalue weighted by molar-refractivity contribution is 7.89. The summed E-state index contributed by atoms with van der Waals surface area (Å²) >= 11 is 0. The molecule has 1 saturated heterocycles. The van der Waals surface area contributed by atoms with Crippen LogP contribution in [0.15, 0.2) is 23.1 Å². The van der Waals surface area contributed by atoms with Crippen LogP contribution in [0.2, 0.25) is 0 Å². The normalized spacial score (nSPS) is 23.9. The van der Waals surface area contributed by atoms with Gasteiger partial charge in [0.25, 0.3) is 0 Å². The van der Waals surface area contributed by atoms with Crippen molar-refractivity contribution in [3.63, 3.8) is 0 Å². The molecule has 0 radical (unpaired) electrons. The van der Waals surface area contributed by atoms with E-state index in [1.807, 2.05) is 4.90 Å². The van der Waals surface area contributed by atoms with Crippen molar-refractivity contribution in [1.82, 2.24) is 0 Å². The van der Waals surface area contributed by atoms with Crippen LogP contribution in [0, 0.1) is 11.7 Å². The molecular formula is C13H20FN3O2S. The first-order valence-electron chi connectivity index (χ1n) is 6.63. The molecule has 1 aliphatic rings. The Morgan fingerprint density at radius 1 is 1.45 bits per heavy atom. The van der Waals surface area contributed by atoms with E-state index in [4.69, 9.17) is 10.9 Å². The zero-order chi connectivity index (χ0) is 14.9. The van der Waals surface area contributed by atoms with Crippen LogP contribution < -0.4 is 15.8 Å². The van der Waals surface area contributed by atoms with Crippen LogP contribution in [0.5, 0.6) is 0 Å². The van der Waals surface area contributed by atoms with Crippen LogP contribution in [0.1, 0.15) is 19.8 Å². The van der Waals surface area contributed by atoms with Crippen LogP contribution in [0.25, 0.3) is 0 Å². The van der Waals surface area contributed by atoms with Gasteiger partial charge in [0, 0.05) is 19.1 Å². The second kappa shape index (κ2) is 5.67. The minimum atomic E-state index is -3.89. The van der Waals surface area contributed by atoms with Gasteiger partial charge in [0.1, 0.15) is 5.82 Å². The van der Waals surface area contributed by atoms with E-state index < -0.39 is 15.8 Å². The minimum absolute atomic E-state index is 0.0681. The predicted molar refractivity (Wildman–Crippen MR) is 76.4 cm³/mol. The van der Waals surface area contributed by atoms with Crippen molar-refractivity contribution >= 4 is 15.7 Å². The Balaban J connectivity index is 2.37. The molecular weight excluding hydrogens is 281 g/mol. The summed E-state index contributed by atoms with van der Waals surface area (Å²) in [5, 5.41) is 5.00. The summed E-state index contributed by atoms with van der Waals surface area (Å²) in [6, 6.07) is 3.84. The number of sulfonamides is 1. The van der Waals surface area contributed by atoms with Gasteiger partial charge in [0.15, 0.2) is 0 Å². The number of piperidine rings is 1. The Morgan fingerprint density at radius 2 is 2.15 bits per heavy atom. The van der Waals surface area contributed by atoms with Gasteiger partial charge in [-0.1, -0.05) is 6.92 Å². The number of hydrogen-bond acceptors (Lipinski definition) is 4. The third-order valence-corrected chi connectivity index (χ3v) is 4.83. The van der Waals surface area contributed by atoms with E-state index in [-0.39, 0.29) is 10.9 Å². The maximum absolute atomic E-state index is 14.2. The minimum Gasteiger partial charge on any atom is -0.365 e. The number of nitrogens with two attached hydrogens (primary N) is 2. The van der Waals surface area contributed by atoms with Crippen molar-refractivity contribution in [2.24, 2.45) is 16.8 Å². The molecule has 20 heavy (non-hydrogen) atoms. The molecule has 0 aromatic heterocycles. The molecule has 1 aromatic carbocycles. The van der Waals surface area contributed by atoms with Crippen LogP contribution in [-0.4, -0.2) is 27.5 Å². The molecule has 2 rings (SSSR count). The van der Waals surface area contributed by atoms with Gasteiger partial charge in [0.05, 0.1) is 10.6 Å². The van der Waals surface area contributed by atoms with Crippen LogP contribution >= 0.6 is 0 Å². The van der Waals surface area contributed by atoms with Crippen LogP contribution in [0.4, 0.5) is 10.1 Å². The maximum atomic E-state index is 14.2. The topological polar surface area (TPSA) is 89.4 Å². The molecule has 0 saturated carbocycles. The number of halogens is 1. The number of hydrogen-bond donors (Lipinski definition) is 2. The lowest BCUT2D eigenvalue weighted by molar-refractivity contribution is 0.347. The zero-order valence-corrected chi connectivity index (χ0v) is 12.2. The van der Waals surface area contributed by atoms with E-state index in [1.54, 1.807) is 0 Å². The van der Waals surface area contributed by atoms with E-state index in [1.165, 1.54) is 12.1 Å². The van der Waals surface area contributed by atoms with Crippen molar-refractivity contribution in [3.8, 4) is 0 Å². The van der Waals surface area contributed by atoms with Gasteiger partial charge in [-0.3, -0.25) is 0 Å². The number of primary sulfonamides is 1. The number of nitrogens with zero attached hydrogens (tertiary/aromatic N) is 1. The number of anilines is 1. The summed E-state index contributed by atoms with van der Waals surface area (Å²) in [5.74, 6) is -0.199. The Labute approximate surface area is 118 Å². The van der Waals surface area contributed by atoms with Gasteiger partial charge in [-0.05, 0) is 37.0 Å². The first-order valence-corrected chi connectivity index (χ1v) is 8.18. The van der Waals surface area contributed by atoms with E-state index >= 15 is 0 Å². The summed E-state index contributed by atoms with van der Waals surface area (Å²) < 4.78 is 36.6. The molecule has 1 aliphatic heterocycles. The van der Waals surface area contributed by atoms with Gasteiger partial charge in [-0.25, -0.2) is 17.9 Å². The van der Waals surface area contributed by atoms with Gasteiger partial charge >= 0.3 is 0 Å². The Hall–Kier alpha value is -1.18. The average molecular weight is 301 g/mol. The quantitative estimate of drug-likeness (QED) is 0.873. The lowest BCUT2D eigenvalue weighted by atomic mass is 9.90. The van der Waals surface area contributed by atoms with Crippen molar-refractivity contribution < 1.29 is 12.8 Å². The SMILES string of the molecule is CC1CCCN(c2ccc(S(N)(=O)=O)cc2F)C1CN. The summed E-state index contributed by atoms with van der Waals surface area (Å²) in [6.07, 6.45) is 2.03. The molecule has 7 heteroatoms.